The molecule has 26 heavy (non-hydrogen) atoms. The molecule has 0 unspecified atom stereocenters. The normalized spacial score (nSPS) is 13.3. The van der Waals surface area contributed by atoms with Gasteiger partial charge in [0.25, 0.3) is 5.91 Å². The van der Waals surface area contributed by atoms with Crippen molar-refractivity contribution in [2.75, 3.05) is 13.7 Å². The second-order valence-electron chi connectivity index (χ2n) is 6.44. The molecule has 0 fully saturated rings. The van der Waals surface area contributed by atoms with Gasteiger partial charge in [0.1, 0.15) is 0 Å². The lowest BCUT2D eigenvalue weighted by Gasteiger charge is -2.26. The molecule has 138 valence electrons. The number of hydrogen-bond acceptors (Lipinski definition) is 5. The van der Waals surface area contributed by atoms with Crippen LogP contribution in [0.4, 0.5) is 0 Å². The van der Waals surface area contributed by atoms with Crippen molar-refractivity contribution in [1.82, 2.24) is 25.0 Å². The van der Waals surface area contributed by atoms with Gasteiger partial charge < -0.3 is 15.0 Å². The molecule has 1 aliphatic heterocycles. The molecule has 0 atom stereocenters. The number of carbonyl (C=O) groups is 2. The Balaban J connectivity index is 1.72. The molecule has 0 aromatic carbocycles. The maximum Gasteiger partial charge on any atom is 0.272 e. The van der Waals surface area contributed by atoms with Crippen molar-refractivity contribution in [3.63, 3.8) is 0 Å². The van der Waals surface area contributed by atoms with Gasteiger partial charge in [0.05, 0.1) is 25.9 Å². The lowest BCUT2D eigenvalue weighted by molar-refractivity contribution is -0.130. The highest BCUT2D eigenvalue weighted by Gasteiger charge is 2.22. The molecule has 0 spiro atoms. The molecule has 0 bridgehead atoms. The van der Waals surface area contributed by atoms with Gasteiger partial charge >= 0.3 is 0 Å². The highest BCUT2D eigenvalue weighted by Crippen LogP contribution is 2.20. The average molecular weight is 357 g/mol. The number of carbonyl (C=O) groups excluding carboxylic acids is 2. The molecular formula is C18H23N5O3. The van der Waals surface area contributed by atoms with E-state index >= 15 is 0 Å². The molecule has 3 rings (SSSR count). The van der Waals surface area contributed by atoms with Crippen LogP contribution in [-0.4, -0.2) is 45.1 Å². The first-order valence-corrected chi connectivity index (χ1v) is 8.50. The minimum Gasteiger partial charge on any atom is -0.481 e. The van der Waals surface area contributed by atoms with Crippen LogP contribution in [0.3, 0.4) is 0 Å². The maximum atomic E-state index is 12.5. The predicted molar refractivity (Wildman–Crippen MR) is 94.8 cm³/mol. The summed E-state index contributed by atoms with van der Waals surface area (Å²) in [5.41, 5.74) is 3.93. The Morgan fingerprint density at radius 2 is 2.04 bits per heavy atom. The molecule has 2 aromatic heterocycles. The monoisotopic (exact) mass is 357 g/mol. The van der Waals surface area contributed by atoms with Gasteiger partial charge in [0, 0.05) is 31.3 Å². The zero-order chi connectivity index (χ0) is 18.8. The molecule has 0 radical (unpaired) electrons. The Kier molecular flexibility index (Phi) is 4.92. The summed E-state index contributed by atoms with van der Waals surface area (Å²) in [5.74, 6) is 0.283. The van der Waals surface area contributed by atoms with Gasteiger partial charge in [0.2, 0.25) is 11.8 Å². The molecule has 2 aromatic rings. The Labute approximate surface area is 152 Å². The summed E-state index contributed by atoms with van der Waals surface area (Å²) in [6.07, 6.45) is 0. The summed E-state index contributed by atoms with van der Waals surface area (Å²) >= 11 is 0. The molecule has 0 saturated carbocycles. The zero-order valence-electron chi connectivity index (χ0n) is 15.5. The minimum atomic E-state index is -0.261. The second-order valence-corrected chi connectivity index (χ2v) is 6.44. The molecular weight excluding hydrogens is 334 g/mol. The molecule has 1 N–H and O–H groups in total. The highest BCUT2D eigenvalue weighted by molar-refractivity contribution is 5.92. The fourth-order valence-corrected chi connectivity index (χ4v) is 3.12. The third-order valence-electron chi connectivity index (χ3n) is 4.53. The second kappa shape index (κ2) is 7.15. The minimum absolute atomic E-state index is 0.0258. The van der Waals surface area contributed by atoms with Crippen molar-refractivity contribution in [3.05, 3.63) is 40.3 Å². The summed E-state index contributed by atoms with van der Waals surface area (Å²) in [6.45, 7) is 7.40. The molecule has 0 aliphatic carbocycles. The standard InChI is InChI=1S/C18H23N5O3/c1-11-7-12(2)20-18(26-4)15(11)9-19-17(25)16-8-14-10-22(13(3)24)5-6-23(14)21-16/h7-8H,5-6,9-10H2,1-4H3,(H,19,25). The van der Waals surface area contributed by atoms with E-state index < -0.39 is 0 Å². The smallest absolute Gasteiger partial charge is 0.272 e. The number of pyridine rings is 1. The Morgan fingerprint density at radius 1 is 1.27 bits per heavy atom. The van der Waals surface area contributed by atoms with E-state index in [4.69, 9.17) is 4.74 Å². The van der Waals surface area contributed by atoms with Crippen LogP contribution in [0.25, 0.3) is 0 Å². The number of nitrogens with one attached hydrogen (secondary N) is 1. The third-order valence-corrected chi connectivity index (χ3v) is 4.53. The molecule has 1 aliphatic rings. The van der Waals surface area contributed by atoms with Gasteiger partial charge in [-0.05, 0) is 31.5 Å². The number of rotatable bonds is 4. The first kappa shape index (κ1) is 17.9. The van der Waals surface area contributed by atoms with Crippen LogP contribution >= 0.6 is 0 Å². The topological polar surface area (TPSA) is 89.3 Å². The third kappa shape index (κ3) is 3.54. The Morgan fingerprint density at radius 3 is 2.73 bits per heavy atom. The molecule has 8 nitrogen and oxygen atoms in total. The number of fused-ring (bicyclic) bond motifs is 1. The highest BCUT2D eigenvalue weighted by atomic mass is 16.5. The van der Waals surface area contributed by atoms with E-state index in [1.807, 2.05) is 19.9 Å². The van der Waals surface area contributed by atoms with Crippen LogP contribution < -0.4 is 10.1 Å². The van der Waals surface area contributed by atoms with Crippen LogP contribution in [0.2, 0.25) is 0 Å². The summed E-state index contributed by atoms with van der Waals surface area (Å²) in [5, 5.41) is 7.23. The van der Waals surface area contributed by atoms with Crippen LogP contribution in [0, 0.1) is 13.8 Å². The van der Waals surface area contributed by atoms with E-state index in [-0.39, 0.29) is 11.8 Å². The predicted octanol–water partition coefficient (Wildman–Crippen LogP) is 1.20. The van der Waals surface area contributed by atoms with Crippen molar-refractivity contribution < 1.29 is 14.3 Å². The lowest BCUT2D eigenvalue weighted by atomic mass is 10.1. The van der Waals surface area contributed by atoms with Gasteiger partial charge in [-0.3, -0.25) is 14.3 Å². The van der Waals surface area contributed by atoms with Crippen LogP contribution in [0.5, 0.6) is 5.88 Å². The number of methoxy groups -OCH3 is 1. The fraction of sp³-hybridized carbons (Fsp3) is 0.444. The van der Waals surface area contributed by atoms with Crippen molar-refractivity contribution in [3.8, 4) is 5.88 Å². The molecule has 3 heterocycles. The SMILES string of the molecule is COc1nc(C)cc(C)c1CNC(=O)c1cc2n(n1)CCN(C(C)=O)C2. The van der Waals surface area contributed by atoms with Crippen LogP contribution in [0.1, 0.15) is 39.9 Å². The van der Waals surface area contributed by atoms with E-state index in [1.54, 1.807) is 29.7 Å². The number of aromatic nitrogens is 3. The van der Waals surface area contributed by atoms with Crippen LogP contribution in [0.15, 0.2) is 12.1 Å². The fourth-order valence-electron chi connectivity index (χ4n) is 3.12. The quantitative estimate of drug-likeness (QED) is 0.888. The maximum absolute atomic E-state index is 12.5. The van der Waals surface area contributed by atoms with Gasteiger partial charge in [-0.2, -0.15) is 5.10 Å². The van der Waals surface area contributed by atoms with Crippen molar-refractivity contribution in [2.24, 2.45) is 0 Å². The van der Waals surface area contributed by atoms with Gasteiger partial charge in [-0.25, -0.2) is 4.98 Å². The van der Waals surface area contributed by atoms with E-state index in [9.17, 15) is 9.59 Å². The number of hydrogen-bond donors (Lipinski definition) is 1. The molecule has 8 heteroatoms. The average Bonchev–Trinajstić information content (AvgIpc) is 3.03. The molecule has 2 amide bonds. The van der Waals surface area contributed by atoms with Crippen molar-refractivity contribution in [1.29, 1.82) is 0 Å². The Bertz CT molecular complexity index is 859. The summed E-state index contributed by atoms with van der Waals surface area (Å²) in [4.78, 5) is 30.1. The number of amides is 2. The van der Waals surface area contributed by atoms with Crippen molar-refractivity contribution >= 4 is 11.8 Å². The summed E-state index contributed by atoms with van der Waals surface area (Å²) < 4.78 is 7.11. The van der Waals surface area contributed by atoms with Gasteiger partial charge in [-0.1, -0.05) is 0 Å². The van der Waals surface area contributed by atoms with Gasteiger partial charge in [0.15, 0.2) is 5.69 Å². The van der Waals surface area contributed by atoms with Crippen LogP contribution in [-0.2, 0) is 24.4 Å². The number of nitrogens with zero attached hydrogens (tertiary/aromatic N) is 4. The molecule has 0 saturated heterocycles. The largest absolute Gasteiger partial charge is 0.481 e. The van der Waals surface area contributed by atoms with Gasteiger partial charge in [-0.15, -0.1) is 0 Å². The van der Waals surface area contributed by atoms with Crippen molar-refractivity contribution in [2.45, 2.75) is 40.4 Å². The number of aryl methyl sites for hydroxylation is 2. The van der Waals surface area contributed by atoms with E-state index in [2.05, 4.69) is 15.4 Å². The van der Waals surface area contributed by atoms with E-state index in [0.29, 0.717) is 37.8 Å². The first-order valence-electron chi connectivity index (χ1n) is 8.50. The Hall–Kier alpha value is -2.90. The summed E-state index contributed by atoms with van der Waals surface area (Å²) in [7, 11) is 1.57. The van der Waals surface area contributed by atoms with E-state index in [1.165, 1.54) is 0 Å². The van der Waals surface area contributed by atoms with E-state index in [0.717, 1.165) is 22.5 Å². The number of ether oxygens (including phenoxy) is 1. The lowest BCUT2D eigenvalue weighted by Crippen LogP contribution is -2.36. The zero-order valence-corrected chi connectivity index (χ0v) is 15.5. The summed E-state index contributed by atoms with van der Waals surface area (Å²) in [6, 6.07) is 3.69. The first-order chi connectivity index (χ1) is 12.4.